The summed E-state index contributed by atoms with van der Waals surface area (Å²) in [4.78, 5) is 36.2. The van der Waals surface area contributed by atoms with Gasteiger partial charge in [-0.3, -0.25) is 9.59 Å². The van der Waals surface area contributed by atoms with Gasteiger partial charge in [-0.05, 0) is 49.1 Å². The Balaban J connectivity index is 1.93. The van der Waals surface area contributed by atoms with Crippen molar-refractivity contribution >= 4 is 23.5 Å². The fourth-order valence-electron chi connectivity index (χ4n) is 2.78. The Morgan fingerprint density at radius 1 is 1.22 bits per heavy atom. The first-order valence-corrected chi connectivity index (χ1v) is 9.07. The molecule has 1 aromatic carbocycles. The Morgan fingerprint density at radius 3 is 2.63 bits per heavy atom. The Kier molecular flexibility index (Phi) is 7.79. The number of hydrogen-bond acceptors (Lipinski definition) is 5. The molecule has 27 heavy (non-hydrogen) atoms. The quantitative estimate of drug-likeness (QED) is 0.532. The molecule has 8 nitrogen and oxygen atoms in total. The molecule has 0 unspecified atom stereocenters. The smallest absolute Gasteiger partial charge is 0.341 e. The minimum absolute atomic E-state index is 0.0132. The van der Waals surface area contributed by atoms with Gasteiger partial charge in [0.05, 0.1) is 5.71 Å². The maximum atomic E-state index is 12.1. The first kappa shape index (κ1) is 20.4. The molecule has 146 valence electrons. The van der Waals surface area contributed by atoms with Crippen molar-refractivity contribution < 1.29 is 24.2 Å². The Hall–Kier alpha value is -2.90. The van der Waals surface area contributed by atoms with Crippen molar-refractivity contribution in [3.05, 3.63) is 29.8 Å². The first-order chi connectivity index (χ1) is 13.0. The van der Waals surface area contributed by atoms with Crippen molar-refractivity contribution in [2.24, 2.45) is 5.10 Å². The molecule has 2 N–H and O–H groups in total. The van der Waals surface area contributed by atoms with Crippen LogP contribution in [0.2, 0.25) is 0 Å². The number of carboxylic acid groups (broad SMARTS) is 1. The summed E-state index contributed by atoms with van der Waals surface area (Å²) >= 11 is 0. The van der Waals surface area contributed by atoms with E-state index in [4.69, 9.17) is 9.84 Å². The molecular formula is C19H25N3O5. The molecule has 1 fully saturated rings. The monoisotopic (exact) mass is 375 g/mol. The number of nitrogens with zero attached hydrogens (tertiary/aromatic N) is 2. The van der Waals surface area contributed by atoms with E-state index in [1.165, 1.54) is 0 Å². The fraction of sp³-hybridized carbons (Fsp3) is 0.474. The zero-order valence-corrected chi connectivity index (χ0v) is 15.4. The van der Waals surface area contributed by atoms with Crippen LogP contribution >= 0.6 is 0 Å². The lowest BCUT2D eigenvalue weighted by Crippen LogP contribution is -2.39. The molecule has 0 radical (unpaired) electrons. The molecule has 0 aromatic heterocycles. The highest BCUT2D eigenvalue weighted by atomic mass is 16.5. The molecule has 0 aliphatic carbocycles. The van der Waals surface area contributed by atoms with Gasteiger partial charge in [0.25, 0.3) is 5.91 Å². The summed E-state index contributed by atoms with van der Waals surface area (Å²) in [5.74, 6) is -0.905. The van der Waals surface area contributed by atoms with Crippen molar-refractivity contribution in [1.82, 2.24) is 10.3 Å². The van der Waals surface area contributed by atoms with Gasteiger partial charge in [0, 0.05) is 13.0 Å². The molecular weight excluding hydrogens is 350 g/mol. The molecule has 1 saturated heterocycles. The van der Waals surface area contributed by atoms with Crippen LogP contribution in [-0.2, 0) is 14.4 Å². The number of carbonyl (C=O) groups is 3. The van der Waals surface area contributed by atoms with Crippen LogP contribution in [0.3, 0.4) is 0 Å². The summed E-state index contributed by atoms with van der Waals surface area (Å²) in [5, 5.41) is 12.8. The highest BCUT2D eigenvalue weighted by Crippen LogP contribution is 2.14. The predicted molar refractivity (Wildman–Crippen MR) is 99.6 cm³/mol. The van der Waals surface area contributed by atoms with Crippen LogP contribution < -0.4 is 10.2 Å². The normalized spacial score (nSPS) is 15.2. The molecule has 0 atom stereocenters. The molecule has 2 rings (SSSR count). The number of benzene rings is 1. The second-order valence-corrected chi connectivity index (χ2v) is 6.28. The van der Waals surface area contributed by atoms with Crippen LogP contribution in [-0.4, -0.2) is 53.2 Å². The summed E-state index contributed by atoms with van der Waals surface area (Å²) < 4.78 is 5.09. The number of aliphatic carboxylic acids is 1. The number of carboxylic acids is 1. The van der Waals surface area contributed by atoms with E-state index in [9.17, 15) is 14.4 Å². The van der Waals surface area contributed by atoms with Gasteiger partial charge >= 0.3 is 5.97 Å². The van der Waals surface area contributed by atoms with E-state index >= 15 is 0 Å². The zero-order valence-electron chi connectivity index (χ0n) is 15.4. The third-order valence-corrected chi connectivity index (χ3v) is 4.21. The average Bonchev–Trinajstić information content (AvgIpc) is 2.86. The highest BCUT2D eigenvalue weighted by molar-refractivity contribution is 6.01. The molecule has 1 heterocycles. The molecule has 2 amide bonds. The van der Waals surface area contributed by atoms with Crippen molar-refractivity contribution in [2.75, 3.05) is 19.7 Å². The predicted octanol–water partition coefficient (Wildman–Crippen LogP) is 1.78. The van der Waals surface area contributed by atoms with Gasteiger partial charge in [0.2, 0.25) is 5.91 Å². The average molecular weight is 375 g/mol. The molecule has 0 saturated carbocycles. The van der Waals surface area contributed by atoms with Crippen molar-refractivity contribution in [3.63, 3.8) is 0 Å². The van der Waals surface area contributed by atoms with E-state index in [1.807, 2.05) is 6.92 Å². The van der Waals surface area contributed by atoms with E-state index in [-0.39, 0.29) is 18.4 Å². The third kappa shape index (κ3) is 6.73. The lowest BCUT2D eigenvalue weighted by atomic mass is 10.1. The zero-order chi connectivity index (χ0) is 19.6. The van der Waals surface area contributed by atoms with Gasteiger partial charge < -0.3 is 14.7 Å². The number of hydrazone groups is 1. The highest BCUT2D eigenvalue weighted by Gasteiger charge is 2.19. The number of rotatable bonds is 8. The maximum absolute atomic E-state index is 12.1. The summed E-state index contributed by atoms with van der Waals surface area (Å²) in [5.41, 5.74) is 4.00. The largest absolute Gasteiger partial charge is 0.482 e. The van der Waals surface area contributed by atoms with E-state index in [2.05, 4.69) is 10.5 Å². The van der Waals surface area contributed by atoms with E-state index in [0.29, 0.717) is 30.8 Å². The van der Waals surface area contributed by atoms with Gasteiger partial charge in [-0.15, -0.1) is 0 Å². The Bertz CT molecular complexity index is 700. The number of nitrogens with one attached hydrogen (secondary N) is 1. The van der Waals surface area contributed by atoms with Gasteiger partial charge in [-0.2, -0.15) is 5.10 Å². The fourth-order valence-corrected chi connectivity index (χ4v) is 2.78. The minimum atomic E-state index is -1.04. The number of amides is 2. The first-order valence-electron chi connectivity index (χ1n) is 9.07. The second kappa shape index (κ2) is 10.3. The van der Waals surface area contributed by atoms with E-state index in [1.54, 1.807) is 29.2 Å². The number of ether oxygens (including phenoxy) is 1. The third-order valence-electron chi connectivity index (χ3n) is 4.21. The molecule has 1 aliphatic heterocycles. The number of carbonyl (C=O) groups excluding carboxylic acids is 2. The van der Waals surface area contributed by atoms with Gasteiger partial charge in [-0.25, -0.2) is 10.2 Å². The van der Waals surface area contributed by atoms with E-state index < -0.39 is 12.6 Å². The van der Waals surface area contributed by atoms with Crippen LogP contribution in [0, 0.1) is 0 Å². The maximum Gasteiger partial charge on any atom is 0.341 e. The molecule has 1 aliphatic rings. The van der Waals surface area contributed by atoms with Crippen LogP contribution in [0.25, 0.3) is 0 Å². The minimum Gasteiger partial charge on any atom is -0.482 e. The van der Waals surface area contributed by atoms with E-state index in [0.717, 1.165) is 24.8 Å². The lowest BCUT2D eigenvalue weighted by molar-refractivity contribution is -0.139. The van der Waals surface area contributed by atoms with Gasteiger partial charge in [-0.1, -0.05) is 13.3 Å². The standard InChI is InChI=1S/C19H25N3O5/c1-2-16(14-7-9-15(10-8-14)27-13-19(25)26)20-21-17(23)12-22-11-5-3-4-6-18(22)24/h7-10H,2-6,11-13H2,1H3,(H,21,23)(H,25,26)/b20-16-. The Morgan fingerprint density at radius 2 is 1.96 bits per heavy atom. The number of hydrogen-bond donors (Lipinski definition) is 2. The lowest BCUT2D eigenvalue weighted by Gasteiger charge is -2.19. The number of likely N-dealkylation sites (tertiary alicyclic amines) is 1. The SMILES string of the molecule is CC/C(=N/NC(=O)CN1CCCCCC1=O)c1ccc(OCC(=O)O)cc1. The molecule has 1 aromatic rings. The topological polar surface area (TPSA) is 108 Å². The van der Waals surface area contributed by atoms with Crippen molar-refractivity contribution in [2.45, 2.75) is 39.0 Å². The second-order valence-electron chi connectivity index (χ2n) is 6.28. The van der Waals surface area contributed by atoms with Crippen LogP contribution in [0.1, 0.15) is 44.6 Å². The summed E-state index contributed by atoms with van der Waals surface area (Å²) in [6, 6.07) is 6.82. The van der Waals surface area contributed by atoms with Gasteiger partial charge in [0.15, 0.2) is 6.61 Å². The van der Waals surface area contributed by atoms with Crippen LogP contribution in [0.5, 0.6) is 5.75 Å². The molecule has 0 spiro atoms. The summed E-state index contributed by atoms with van der Waals surface area (Å²) in [7, 11) is 0. The Labute approximate surface area is 158 Å². The van der Waals surface area contributed by atoms with Gasteiger partial charge in [0.1, 0.15) is 12.3 Å². The van der Waals surface area contributed by atoms with Crippen molar-refractivity contribution in [1.29, 1.82) is 0 Å². The summed E-state index contributed by atoms with van der Waals surface area (Å²) in [6.07, 6.45) is 3.89. The van der Waals surface area contributed by atoms with Crippen LogP contribution in [0.4, 0.5) is 0 Å². The van der Waals surface area contributed by atoms with Crippen LogP contribution in [0.15, 0.2) is 29.4 Å². The van der Waals surface area contributed by atoms with Crippen molar-refractivity contribution in [3.8, 4) is 5.75 Å². The molecule has 8 heteroatoms. The molecule has 0 bridgehead atoms. The summed E-state index contributed by atoms with van der Waals surface area (Å²) in [6.45, 7) is 2.13.